The van der Waals surface area contributed by atoms with E-state index in [-0.39, 0.29) is 5.41 Å². The molecule has 0 saturated carbocycles. The van der Waals surface area contributed by atoms with Gasteiger partial charge in [0.1, 0.15) is 0 Å². The van der Waals surface area contributed by atoms with Crippen molar-refractivity contribution in [2.45, 2.75) is 45.6 Å². The van der Waals surface area contributed by atoms with E-state index in [1.54, 1.807) is 0 Å². The van der Waals surface area contributed by atoms with E-state index in [1.165, 1.54) is 17.7 Å². The van der Waals surface area contributed by atoms with E-state index >= 15 is 0 Å². The lowest BCUT2D eigenvalue weighted by molar-refractivity contribution is -0.0743. The van der Waals surface area contributed by atoms with Crippen LogP contribution in [0, 0.1) is 11.3 Å². The van der Waals surface area contributed by atoms with E-state index in [4.69, 9.17) is 16.3 Å². The highest BCUT2D eigenvalue weighted by Gasteiger charge is 2.38. The van der Waals surface area contributed by atoms with E-state index in [0.29, 0.717) is 12.0 Å². The minimum Gasteiger partial charge on any atom is -0.378 e. The first kappa shape index (κ1) is 22.6. The van der Waals surface area contributed by atoms with Gasteiger partial charge in [0.15, 0.2) is 0 Å². The highest BCUT2D eigenvalue weighted by molar-refractivity contribution is 6.31. The van der Waals surface area contributed by atoms with Crippen LogP contribution < -0.4 is 4.90 Å². The lowest BCUT2D eigenvalue weighted by Crippen LogP contribution is -2.48. The summed E-state index contributed by atoms with van der Waals surface area (Å²) in [5, 5.41) is 0.908. The molecule has 0 amide bonds. The van der Waals surface area contributed by atoms with Crippen LogP contribution in [0.1, 0.15) is 38.7 Å². The van der Waals surface area contributed by atoms with Crippen molar-refractivity contribution in [2.75, 3.05) is 44.2 Å². The molecule has 0 N–H and O–H groups in total. The molecule has 4 rings (SSSR count). The molecule has 2 atom stereocenters. The van der Waals surface area contributed by atoms with Gasteiger partial charge in [-0.2, -0.15) is 0 Å². The highest BCUT2D eigenvalue weighted by atomic mass is 35.5. The highest BCUT2D eigenvalue weighted by Crippen LogP contribution is 2.43. The maximum absolute atomic E-state index is 6.58. The molecule has 2 aliphatic rings. The third-order valence-corrected chi connectivity index (χ3v) is 7.69. The summed E-state index contributed by atoms with van der Waals surface area (Å²) < 4.78 is 6.16. The largest absolute Gasteiger partial charge is 0.378 e. The summed E-state index contributed by atoms with van der Waals surface area (Å²) >= 11 is 6.58. The first-order valence-electron chi connectivity index (χ1n) is 11.9. The van der Waals surface area contributed by atoms with Crippen LogP contribution in [0.15, 0.2) is 54.6 Å². The van der Waals surface area contributed by atoms with E-state index in [1.807, 2.05) is 12.1 Å². The Kier molecular flexibility index (Phi) is 7.58. The summed E-state index contributed by atoms with van der Waals surface area (Å²) in [5.41, 5.74) is 2.92. The average molecular weight is 441 g/mol. The Morgan fingerprint density at radius 2 is 1.71 bits per heavy atom. The Morgan fingerprint density at radius 3 is 2.42 bits per heavy atom. The van der Waals surface area contributed by atoms with Crippen LogP contribution in [0.25, 0.3) is 0 Å². The van der Waals surface area contributed by atoms with Crippen LogP contribution in [-0.2, 0) is 11.2 Å². The third kappa shape index (κ3) is 5.83. The van der Waals surface area contributed by atoms with Gasteiger partial charge in [0.05, 0.1) is 6.10 Å². The van der Waals surface area contributed by atoms with Gasteiger partial charge in [0.2, 0.25) is 0 Å². The molecule has 3 nitrogen and oxygen atoms in total. The number of hydrogen-bond donors (Lipinski definition) is 0. The Labute approximate surface area is 193 Å². The molecule has 4 heteroatoms. The summed E-state index contributed by atoms with van der Waals surface area (Å²) in [7, 11) is 0. The van der Waals surface area contributed by atoms with Crippen LogP contribution in [0.2, 0.25) is 5.02 Å². The minimum atomic E-state index is 0.273. The molecular formula is C27H37ClN2O. The Bertz CT molecular complexity index is 819. The fraction of sp³-hybridized carbons (Fsp3) is 0.556. The average Bonchev–Trinajstić information content (AvgIpc) is 2.80. The monoisotopic (exact) mass is 440 g/mol. The van der Waals surface area contributed by atoms with E-state index in [2.05, 4.69) is 66.1 Å². The van der Waals surface area contributed by atoms with Crippen molar-refractivity contribution in [1.82, 2.24) is 4.90 Å². The third-order valence-electron chi connectivity index (χ3n) is 7.32. The number of piperazine rings is 1. The van der Waals surface area contributed by atoms with Crippen molar-refractivity contribution in [1.29, 1.82) is 0 Å². The second-order valence-electron chi connectivity index (χ2n) is 9.79. The van der Waals surface area contributed by atoms with Crippen molar-refractivity contribution in [3.63, 3.8) is 0 Å². The molecule has 0 radical (unpaired) electrons. The smallest absolute Gasteiger partial charge is 0.0603 e. The van der Waals surface area contributed by atoms with Gasteiger partial charge in [0, 0.05) is 43.5 Å². The number of hydrogen-bond acceptors (Lipinski definition) is 3. The molecule has 2 aromatic carbocycles. The van der Waals surface area contributed by atoms with Gasteiger partial charge >= 0.3 is 0 Å². The topological polar surface area (TPSA) is 15.7 Å². The van der Waals surface area contributed by atoms with Gasteiger partial charge in [-0.3, -0.25) is 4.90 Å². The lowest BCUT2D eigenvalue weighted by atomic mass is 9.69. The summed E-state index contributed by atoms with van der Waals surface area (Å²) in [6, 6.07) is 19.2. The minimum absolute atomic E-state index is 0.273. The van der Waals surface area contributed by atoms with Gasteiger partial charge in [-0.05, 0) is 67.3 Å². The number of benzene rings is 2. The fourth-order valence-electron chi connectivity index (χ4n) is 5.23. The number of halogens is 1. The zero-order valence-electron chi connectivity index (χ0n) is 19.1. The molecule has 0 aromatic heterocycles. The summed E-state index contributed by atoms with van der Waals surface area (Å²) in [6.07, 6.45) is 4.90. The van der Waals surface area contributed by atoms with Crippen LogP contribution in [-0.4, -0.2) is 50.3 Å². The number of nitrogens with zero attached hydrogens (tertiary/aromatic N) is 2. The normalized spacial score (nSPS) is 25.2. The number of rotatable bonds is 7. The molecule has 0 spiro atoms. The summed E-state index contributed by atoms with van der Waals surface area (Å²) in [6.45, 7) is 11.1. The Balaban J connectivity index is 1.40. The predicted octanol–water partition coefficient (Wildman–Crippen LogP) is 5.92. The van der Waals surface area contributed by atoms with Crippen molar-refractivity contribution in [2.24, 2.45) is 11.3 Å². The van der Waals surface area contributed by atoms with Crippen LogP contribution >= 0.6 is 11.6 Å². The molecular weight excluding hydrogens is 404 g/mol. The predicted molar refractivity (Wildman–Crippen MR) is 131 cm³/mol. The lowest BCUT2D eigenvalue weighted by Gasteiger charge is -2.44. The van der Waals surface area contributed by atoms with E-state index in [0.717, 1.165) is 63.6 Å². The van der Waals surface area contributed by atoms with Crippen molar-refractivity contribution in [3.05, 3.63) is 65.2 Å². The zero-order valence-corrected chi connectivity index (χ0v) is 19.9. The molecule has 0 unspecified atom stereocenters. The van der Waals surface area contributed by atoms with Gasteiger partial charge in [-0.15, -0.1) is 0 Å². The van der Waals surface area contributed by atoms with Crippen molar-refractivity contribution >= 4 is 17.3 Å². The van der Waals surface area contributed by atoms with Gasteiger partial charge < -0.3 is 9.64 Å². The van der Waals surface area contributed by atoms with Crippen LogP contribution in [0.3, 0.4) is 0 Å². The van der Waals surface area contributed by atoms with E-state index < -0.39 is 0 Å². The van der Waals surface area contributed by atoms with Crippen LogP contribution in [0.5, 0.6) is 0 Å². The maximum Gasteiger partial charge on any atom is 0.0603 e. The molecule has 0 bridgehead atoms. The molecule has 2 heterocycles. The van der Waals surface area contributed by atoms with Crippen molar-refractivity contribution < 1.29 is 4.74 Å². The summed E-state index contributed by atoms with van der Waals surface area (Å²) in [5.74, 6) is 0.556. The molecule has 2 aliphatic heterocycles. The Hall–Kier alpha value is -1.55. The van der Waals surface area contributed by atoms with Crippen LogP contribution in [0.4, 0.5) is 5.69 Å². The van der Waals surface area contributed by atoms with Gasteiger partial charge in [-0.25, -0.2) is 0 Å². The van der Waals surface area contributed by atoms with Gasteiger partial charge in [0.25, 0.3) is 0 Å². The number of para-hydroxylation sites is 1. The second-order valence-corrected chi connectivity index (χ2v) is 10.2. The molecule has 0 aliphatic carbocycles. The molecule has 2 aromatic rings. The molecule has 2 fully saturated rings. The fourth-order valence-corrected chi connectivity index (χ4v) is 5.43. The molecule has 168 valence electrons. The SMILES string of the molecule is CC(C)[C@H]1C[C@@](CCN2CCN(c3ccccc3)CC2)(Cc2ccccc2Cl)CCO1. The summed E-state index contributed by atoms with van der Waals surface area (Å²) in [4.78, 5) is 5.17. The Morgan fingerprint density at radius 1 is 1.00 bits per heavy atom. The first-order valence-corrected chi connectivity index (χ1v) is 12.3. The van der Waals surface area contributed by atoms with Crippen molar-refractivity contribution in [3.8, 4) is 0 Å². The second kappa shape index (κ2) is 10.4. The quantitative estimate of drug-likeness (QED) is 0.531. The standard InChI is InChI=1S/C27H37ClN2O/c1-22(2)26-21-27(13-19-31-26,20-23-8-6-7-11-25(23)28)12-14-29-15-17-30(18-16-29)24-9-4-3-5-10-24/h3-11,22,26H,12-21H2,1-2H3/t26-,27-/m1/s1. The number of ether oxygens (including phenoxy) is 1. The zero-order chi connectivity index (χ0) is 21.7. The van der Waals surface area contributed by atoms with E-state index in [9.17, 15) is 0 Å². The van der Waals surface area contributed by atoms with Gasteiger partial charge in [-0.1, -0.05) is 61.8 Å². The maximum atomic E-state index is 6.58. The molecule has 2 saturated heterocycles. The molecule has 31 heavy (non-hydrogen) atoms. The number of anilines is 1. The first-order chi connectivity index (χ1) is 15.0.